The SMILES string of the molecule is CCCCC(=O)N1CCN(c2nnc(C(C)C)o2)CC1. The number of amides is 1. The quantitative estimate of drug-likeness (QED) is 0.826. The molecule has 1 amide bonds. The number of nitrogens with zero attached hydrogens (tertiary/aromatic N) is 4. The Morgan fingerprint density at radius 3 is 2.50 bits per heavy atom. The molecule has 0 bridgehead atoms. The number of aromatic nitrogens is 2. The summed E-state index contributed by atoms with van der Waals surface area (Å²) in [5, 5.41) is 8.13. The zero-order valence-electron chi connectivity index (χ0n) is 12.6. The highest BCUT2D eigenvalue weighted by atomic mass is 16.4. The predicted octanol–water partition coefficient (Wildman–Crippen LogP) is 2.03. The highest BCUT2D eigenvalue weighted by molar-refractivity contribution is 5.76. The Labute approximate surface area is 120 Å². The second-order valence-corrected chi connectivity index (χ2v) is 5.55. The fourth-order valence-corrected chi connectivity index (χ4v) is 2.22. The molecule has 0 saturated carbocycles. The smallest absolute Gasteiger partial charge is 0.318 e. The van der Waals surface area contributed by atoms with Crippen LogP contribution in [-0.4, -0.2) is 47.2 Å². The Morgan fingerprint density at radius 1 is 1.25 bits per heavy atom. The third-order valence-electron chi connectivity index (χ3n) is 3.57. The number of carbonyl (C=O) groups excluding carboxylic acids is 1. The Balaban J connectivity index is 1.85. The minimum Gasteiger partial charge on any atom is -0.408 e. The molecule has 1 fully saturated rings. The second kappa shape index (κ2) is 6.72. The molecule has 1 saturated heterocycles. The van der Waals surface area contributed by atoms with Gasteiger partial charge in [-0.25, -0.2) is 0 Å². The van der Waals surface area contributed by atoms with Gasteiger partial charge in [-0.15, -0.1) is 5.10 Å². The average molecular weight is 280 g/mol. The minimum atomic E-state index is 0.244. The van der Waals surface area contributed by atoms with E-state index in [1.807, 2.05) is 18.7 Å². The molecule has 112 valence electrons. The second-order valence-electron chi connectivity index (χ2n) is 5.55. The number of hydrogen-bond acceptors (Lipinski definition) is 5. The molecule has 0 atom stereocenters. The Morgan fingerprint density at radius 2 is 1.95 bits per heavy atom. The van der Waals surface area contributed by atoms with E-state index in [9.17, 15) is 4.79 Å². The van der Waals surface area contributed by atoms with E-state index in [1.54, 1.807) is 0 Å². The Hall–Kier alpha value is -1.59. The standard InChI is InChI=1S/C14H24N4O2/c1-4-5-6-12(19)17-7-9-18(10-8-17)14-16-15-13(20-14)11(2)3/h11H,4-10H2,1-3H3. The third-order valence-corrected chi connectivity index (χ3v) is 3.57. The molecule has 0 unspecified atom stereocenters. The number of rotatable bonds is 5. The Bertz CT molecular complexity index is 436. The monoisotopic (exact) mass is 280 g/mol. The number of hydrogen-bond donors (Lipinski definition) is 0. The number of anilines is 1. The van der Waals surface area contributed by atoms with Gasteiger partial charge in [-0.3, -0.25) is 4.79 Å². The lowest BCUT2D eigenvalue weighted by Gasteiger charge is -2.33. The van der Waals surface area contributed by atoms with Crippen LogP contribution in [0, 0.1) is 0 Å². The highest BCUT2D eigenvalue weighted by Crippen LogP contribution is 2.19. The summed E-state index contributed by atoms with van der Waals surface area (Å²) >= 11 is 0. The van der Waals surface area contributed by atoms with Crippen LogP contribution in [0.1, 0.15) is 51.8 Å². The molecule has 20 heavy (non-hydrogen) atoms. The number of unbranched alkanes of at least 4 members (excludes halogenated alkanes) is 1. The van der Waals surface area contributed by atoms with Gasteiger partial charge in [-0.05, 0) is 6.42 Å². The van der Waals surface area contributed by atoms with Crippen molar-refractivity contribution in [2.24, 2.45) is 0 Å². The van der Waals surface area contributed by atoms with E-state index in [0.717, 1.165) is 39.0 Å². The maximum atomic E-state index is 11.9. The summed E-state index contributed by atoms with van der Waals surface area (Å²) in [6.07, 6.45) is 2.70. The van der Waals surface area contributed by atoms with Crippen molar-refractivity contribution in [2.75, 3.05) is 31.1 Å². The van der Waals surface area contributed by atoms with Crippen molar-refractivity contribution < 1.29 is 9.21 Å². The van der Waals surface area contributed by atoms with Gasteiger partial charge in [-0.1, -0.05) is 32.3 Å². The lowest BCUT2D eigenvalue weighted by molar-refractivity contribution is -0.131. The minimum absolute atomic E-state index is 0.244. The molecular formula is C14H24N4O2. The van der Waals surface area contributed by atoms with Gasteiger partial charge in [0.05, 0.1) is 0 Å². The van der Waals surface area contributed by atoms with Crippen molar-refractivity contribution >= 4 is 11.9 Å². The van der Waals surface area contributed by atoms with E-state index in [0.29, 0.717) is 18.3 Å². The largest absolute Gasteiger partial charge is 0.408 e. The fourth-order valence-electron chi connectivity index (χ4n) is 2.22. The molecule has 0 aromatic carbocycles. The molecule has 2 rings (SSSR count). The fraction of sp³-hybridized carbons (Fsp3) is 0.786. The first-order chi connectivity index (χ1) is 9.61. The highest BCUT2D eigenvalue weighted by Gasteiger charge is 2.24. The Kier molecular flexibility index (Phi) is 4.98. The molecule has 1 aliphatic heterocycles. The van der Waals surface area contributed by atoms with Gasteiger partial charge in [0.25, 0.3) is 0 Å². The van der Waals surface area contributed by atoms with E-state index in [-0.39, 0.29) is 11.8 Å². The first-order valence-electron chi connectivity index (χ1n) is 7.48. The van der Waals surface area contributed by atoms with Crippen molar-refractivity contribution in [3.63, 3.8) is 0 Å². The van der Waals surface area contributed by atoms with E-state index in [2.05, 4.69) is 22.0 Å². The topological polar surface area (TPSA) is 62.5 Å². The van der Waals surface area contributed by atoms with Gasteiger partial charge in [0.2, 0.25) is 11.8 Å². The predicted molar refractivity (Wildman–Crippen MR) is 76.7 cm³/mol. The van der Waals surface area contributed by atoms with E-state index in [1.165, 1.54) is 0 Å². The summed E-state index contributed by atoms with van der Waals surface area (Å²) in [6, 6.07) is 0.578. The zero-order chi connectivity index (χ0) is 14.5. The van der Waals surface area contributed by atoms with Crippen LogP contribution < -0.4 is 4.90 Å². The summed E-state index contributed by atoms with van der Waals surface area (Å²) in [5.41, 5.74) is 0. The molecule has 0 radical (unpaired) electrons. The summed E-state index contributed by atoms with van der Waals surface area (Å²) in [4.78, 5) is 15.9. The normalized spacial score (nSPS) is 16.0. The van der Waals surface area contributed by atoms with Gasteiger partial charge < -0.3 is 14.2 Å². The zero-order valence-corrected chi connectivity index (χ0v) is 12.6. The van der Waals surface area contributed by atoms with Crippen molar-refractivity contribution in [1.29, 1.82) is 0 Å². The molecule has 6 heteroatoms. The van der Waals surface area contributed by atoms with Gasteiger partial charge >= 0.3 is 6.01 Å². The maximum Gasteiger partial charge on any atom is 0.318 e. The molecular weight excluding hydrogens is 256 g/mol. The van der Waals surface area contributed by atoms with Crippen molar-refractivity contribution in [2.45, 2.75) is 46.0 Å². The van der Waals surface area contributed by atoms with Crippen LogP contribution in [0.15, 0.2) is 4.42 Å². The first-order valence-corrected chi connectivity index (χ1v) is 7.48. The van der Waals surface area contributed by atoms with E-state index < -0.39 is 0 Å². The van der Waals surface area contributed by atoms with E-state index in [4.69, 9.17) is 4.42 Å². The first kappa shape index (κ1) is 14.8. The summed E-state index contributed by atoms with van der Waals surface area (Å²) in [5.74, 6) is 1.18. The van der Waals surface area contributed by atoms with Crippen LogP contribution >= 0.6 is 0 Å². The molecule has 0 aliphatic carbocycles. The van der Waals surface area contributed by atoms with Crippen molar-refractivity contribution in [3.8, 4) is 0 Å². The van der Waals surface area contributed by atoms with Crippen LogP contribution in [-0.2, 0) is 4.79 Å². The third kappa shape index (κ3) is 3.49. The average Bonchev–Trinajstić information content (AvgIpc) is 2.95. The molecule has 1 aliphatic rings. The van der Waals surface area contributed by atoms with Gasteiger partial charge in [-0.2, -0.15) is 0 Å². The van der Waals surface area contributed by atoms with Gasteiger partial charge in [0.15, 0.2) is 0 Å². The van der Waals surface area contributed by atoms with Crippen LogP contribution in [0.25, 0.3) is 0 Å². The molecule has 6 nitrogen and oxygen atoms in total. The van der Waals surface area contributed by atoms with Gasteiger partial charge in [0.1, 0.15) is 0 Å². The van der Waals surface area contributed by atoms with Crippen LogP contribution in [0.2, 0.25) is 0 Å². The molecule has 0 spiro atoms. The van der Waals surface area contributed by atoms with Crippen molar-refractivity contribution in [1.82, 2.24) is 15.1 Å². The van der Waals surface area contributed by atoms with Crippen LogP contribution in [0.5, 0.6) is 0 Å². The number of carbonyl (C=O) groups is 1. The van der Waals surface area contributed by atoms with E-state index >= 15 is 0 Å². The summed E-state index contributed by atoms with van der Waals surface area (Å²) < 4.78 is 5.65. The summed E-state index contributed by atoms with van der Waals surface area (Å²) in [6.45, 7) is 9.16. The van der Waals surface area contributed by atoms with Gasteiger partial charge in [0, 0.05) is 38.5 Å². The van der Waals surface area contributed by atoms with Crippen LogP contribution in [0.3, 0.4) is 0 Å². The lowest BCUT2D eigenvalue weighted by Crippen LogP contribution is -2.48. The molecule has 1 aromatic rings. The van der Waals surface area contributed by atoms with Crippen LogP contribution in [0.4, 0.5) is 6.01 Å². The molecule has 2 heterocycles. The van der Waals surface area contributed by atoms with Crippen molar-refractivity contribution in [3.05, 3.63) is 5.89 Å². The molecule has 0 N–H and O–H groups in total. The molecule has 1 aromatic heterocycles. The summed E-state index contributed by atoms with van der Waals surface area (Å²) in [7, 11) is 0. The number of piperazine rings is 1. The lowest BCUT2D eigenvalue weighted by atomic mass is 10.2. The maximum absolute atomic E-state index is 11.9.